The number of hydrogen-bond acceptors (Lipinski definition) is 7. The zero-order valence-electron chi connectivity index (χ0n) is 28.3. The number of sulfonamides is 1. The van der Waals surface area contributed by atoms with Gasteiger partial charge in [0.25, 0.3) is 15.9 Å². The van der Waals surface area contributed by atoms with Gasteiger partial charge in [0.1, 0.15) is 5.75 Å². The van der Waals surface area contributed by atoms with Crippen molar-refractivity contribution in [2.24, 2.45) is 5.92 Å². The number of anilines is 1. The molecule has 0 radical (unpaired) electrons. The Labute approximate surface area is 287 Å². The Kier molecular flexibility index (Phi) is 13.1. The molecule has 0 saturated carbocycles. The number of aliphatic hydroxyl groups is 1. The largest absolute Gasteiger partial charge is 0.490 e. The summed E-state index contributed by atoms with van der Waals surface area (Å²) in [5, 5.41) is 10.2. The van der Waals surface area contributed by atoms with Gasteiger partial charge in [-0.2, -0.15) is 13.2 Å². The number of carbonyl (C=O) groups is 1. The van der Waals surface area contributed by atoms with Gasteiger partial charge in [0, 0.05) is 37.8 Å². The molecule has 0 spiro atoms. The maximum Gasteiger partial charge on any atom is 0.416 e. The molecule has 0 unspecified atom stereocenters. The van der Waals surface area contributed by atoms with Crippen LogP contribution in [0.5, 0.6) is 5.75 Å². The number of halogens is 3. The summed E-state index contributed by atoms with van der Waals surface area (Å²) in [6.45, 7) is 6.79. The average Bonchev–Trinajstić information content (AvgIpc) is 3.06. The third-order valence-corrected chi connectivity index (χ3v) is 9.98. The summed E-state index contributed by atoms with van der Waals surface area (Å²) in [5.41, 5.74) is 0.358. The Bertz CT molecular complexity index is 1620. The molecule has 0 fully saturated rings. The van der Waals surface area contributed by atoms with Crippen LogP contribution in [0.1, 0.15) is 61.5 Å². The fourth-order valence-electron chi connectivity index (χ4n) is 5.74. The number of carbonyl (C=O) groups excluding carboxylic acids is 1. The normalized spacial score (nSPS) is 20.6. The molecule has 2 N–H and O–H groups in total. The number of alkyl halides is 3. The predicted octanol–water partition coefficient (Wildman–Crippen LogP) is 6.43. The van der Waals surface area contributed by atoms with Crippen molar-refractivity contribution in [3.8, 4) is 5.75 Å². The number of rotatable bonds is 9. The lowest BCUT2D eigenvalue weighted by atomic mass is 10.0. The molecule has 1 aliphatic rings. The highest BCUT2D eigenvalue weighted by atomic mass is 32.2. The number of nitrogens with zero attached hydrogens (tertiary/aromatic N) is 2. The van der Waals surface area contributed by atoms with Crippen LogP contribution in [0.4, 0.5) is 18.9 Å². The number of ether oxygens (including phenoxy) is 2. The third kappa shape index (κ3) is 10.7. The third-order valence-electron chi connectivity index (χ3n) is 8.58. The summed E-state index contributed by atoms with van der Waals surface area (Å²) in [6, 6.07) is 17.0. The zero-order chi connectivity index (χ0) is 35.8. The quantitative estimate of drug-likeness (QED) is 0.264. The molecule has 0 aromatic heterocycles. The minimum absolute atomic E-state index is 0.0740. The van der Waals surface area contributed by atoms with Gasteiger partial charge in [-0.05, 0) is 88.2 Å². The second-order valence-electron chi connectivity index (χ2n) is 12.8. The van der Waals surface area contributed by atoms with E-state index in [0.29, 0.717) is 31.9 Å². The minimum atomic E-state index is -4.41. The van der Waals surface area contributed by atoms with Crippen LogP contribution in [0.25, 0.3) is 0 Å². The second-order valence-corrected chi connectivity index (χ2v) is 14.5. The minimum Gasteiger partial charge on any atom is -0.490 e. The molecule has 1 amide bonds. The van der Waals surface area contributed by atoms with Crippen molar-refractivity contribution in [1.29, 1.82) is 0 Å². The lowest BCUT2D eigenvalue weighted by Gasteiger charge is -2.36. The molecule has 268 valence electrons. The van der Waals surface area contributed by atoms with E-state index in [4.69, 9.17) is 9.47 Å². The van der Waals surface area contributed by atoms with E-state index in [0.717, 1.165) is 30.5 Å². The molecule has 1 heterocycles. The topological polar surface area (TPSA) is 108 Å². The van der Waals surface area contributed by atoms with Crippen molar-refractivity contribution < 1.29 is 41.0 Å². The number of aliphatic hydroxyl groups excluding tert-OH is 1. The zero-order valence-corrected chi connectivity index (χ0v) is 29.1. The van der Waals surface area contributed by atoms with Gasteiger partial charge in [0.05, 0.1) is 40.9 Å². The molecule has 0 aliphatic carbocycles. The van der Waals surface area contributed by atoms with E-state index in [2.05, 4.69) is 4.72 Å². The summed E-state index contributed by atoms with van der Waals surface area (Å²) in [6.07, 6.45) is -2.76. The van der Waals surface area contributed by atoms with Gasteiger partial charge in [-0.15, -0.1) is 0 Å². The van der Waals surface area contributed by atoms with Crippen molar-refractivity contribution in [3.63, 3.8) is 0 Å². The maximum atomic E-state index is 14.3. The number of benzene rings is 3. The highest BCUT2D eigenvalue weighted by Gasteiger charge is 2.32. The van der Waals surface area contributed by atoms with Gasteiger partial charge in [0.2, 0.25) is 0 Å². The van der Waals surface area contributed by atoms with E-state index in [1.165, 1.54) is 30.3 Å². The number of nitrogens with one attached hydrogen (secondary N) is 1. The number of amides is 1. The molecular weight excluding hydrogens is 659 g/mol. The molecular formula is C36H46F3N3O6S. The Morgan fingerprint density at radius 3 is 2.39 bits per heavy atom. The van der Waals surface area contributed by atoms with Gasteiger partial charge in [-0.3, -0.25) is 14.4 Å². The number of fused-ring (bicyclic) bond motifs is 1. The van der Waals surface area contributed by atoms with E-state index >= 15 is 0 Å². The SMILES string of the molecule is C[C@H]1CCCCO[C@H](CN(C)Cc2ccc(C(F)(F)F)cc2)[C@@H](C)CN([C@@H](C)CO)C(=O)c2cc(NS(=O)(=O)c3ccccc3)ccc2O1. The fourth-order valence-corrected chi connectivity index (χ4v) is 6.82. The summed E-state index contributed by atoms with van der Waals surface area (Å²) in [7, 11) is -2.07. The fraction of sp³-hybridized carbons (Fsp3) is 0.472. The number of hydrogen-bond donors (Lipinski definition) is 2. The van der Waals surface area contributed by atoms with E-state index in [-0.39, 0.29) is 47.4 Å². The van der Waals surface area contributed by atoms with Crippen LogP contribution in [0.2, 0.25) is 0 Å². The first-order valence-corrected chi connectivity index (χ1v) is 17.9. The first-order valence-electron chi connectivity index (χ1n) is 16.4. The molecule has 9 nitrogen and oxygen atoms in total. The monoisotopic (exact) mass is 705 g/mol. The molecule has 0 bridgehead atoms. The van der Waals surface area contributed by atoms with Crippen LogP contribution in [-0.2, 0) is 27.5 Å². The standard InChI is InChI=1S/C36H46F3N3O6S/c1-25-21-42(26(2)24-43)35(44)32-20-30(40-49(45,46)31-11-6-5-7-12-31)17-18-33(32)48-27(3)10-8-9-19-47-34(25)23-41(4)22-28-13-15-29(16-14-28)36(37,38)39/h5-7,11-18,20,25-27,34,40,43H,8-10,19,21-24H2,1-4H3/t25-,26-,27-,34+/m0/s1. The van der Waals surface area contributed by atoms with Gasteiger partial charge in [-0.25, -0.2) is 8.42 Å². The smallest absolute Gasteiger partial charge is 0.416 e. The molecule has 3 aromatic rings. The van der Waals surface area contributed by atoms with Crippen molar-refractivity contribution in [3.05, 3.63) is 89.5 Å². The average molecular weight is 706 g/mol. The van der Waals surface area contributed by atoms with Gasteiger partial charge >= 0.3 is 6.18 Å². The second kappa shape index (κ2) is 16.8. The molecule has 0 saturated heterocycles. The Morgan fingerprint density at radius 2 is 1.73 bits per heavy atom. The molecule has 4 atom stereocenters. The van der Waals surface area contributed by atoms with Crippen LogP contribution in [-0.4, -0.2) is 80.8 Å². The van der Waals surface area contributed by atoms with E-state index in [9.17, 15) is 31.5 Å². The first-order chi connectivity index (χ1) is 23.2. The van der Waals surface area contributed by atoms with Crippen molar-refractivity contribution in [2.75, 3.05) is 38.1 Å². The van der Waals surface area contributed by atoms with Crippen LogP contribution < -0.4 is 9.46 Å². The Hall–Kier alpha value is -3.65. The Morgan fingerprint density at radius 1 is 1.04 bits per heavy atom. The Balaban J connectivity index is 1.60. The first kappa shape index (κ1) is 38.2. The van der Waals surface area contributed by atoms with Crippen LogP contribution in [0.3, 0.4) is 0 Å². The van der Waals surface area contributed by atoms with Crippen LogP contribution >= 0.6 is 0 Å². The highest BCUT2D eigenvalue weighted by Crippen LogP contribution is 2.31. The molecule has 49 heavy (non-hydrogen) atoms. The predicted molar refractivity (Wildman–Crippen MR) is 182 cm³/mol. The van der Waals surface area contributed by atoms with Gasteiger partial charge < -0.3 is 19.5 Å². The summed E-state index contributed by atoms with van der Waals surface area (Å²) < 4.78 is 80.6. The molecule has 3 aromatic carbocycles. The van der Waals surface area contributed by atoms with Crippen molar-refractivity contribution in [1.82, 2.24) is 9.80 Å². The lowest BCUT2D eigenvalue weighted by Crippen LogP contribution is -2.47. The van der Waals surface area contributed by atoms with Gasteiger partial charge in [-0.1, -0.05) is 37.3 Å². The van der Waals surface area contributed by atoms with E-state index in [1.54, 1.807) is 42.2 Å². The van der Waals surface area contributed by atoms with Crippen LogP contribution in [0, 0.1) is 5.92 Å². The highest BCUT2D eigenvalue weighted by molar-refractivity contribution is 7.92. The maximum absolute atomic E-state index is 14.3. The number of likely N-dealkylation sites (N-methyl/N-ethyl adjacent to an activating group) is 1. The van der Waals surface area contributed by atoms with Gasteiger partial charge in [0.15, 0.2) is 0 Å². The molecule has 4 rings (SSSR count). The molecule has 13 heteroatoms. The summed E-state index contributed by atoms with van der Waals surface area (Å²) >= 11 is 0. The van der Waals surface area contributed by atoms with E-state index in [1.807, 2.05) is 25.8 Å². The van der Waals surface area contributed by atoms with Crippen molar-refractivity contribution >= 4 is 21.6 Å². The van der Waals surface area contributed by atoms with Crippen molar-refractivity contribution in [2.45, 2.75) is 75.9 Å². The summed E-state index contributed by atoms with van der Waals surface area (Å²) in [4.78, 5) is 17.9. The van der Waals surface area contributed by atoms with E-state index < -0.39 is 33.7 Å². The lowest BCUT2D eigenvalue weighted by molar-refractivity contribution is -0.137. The molecule has 1 aliphatic heterocycles. The van der Waals surface area contributed by atoms with Crippen LogP contribution in [0.15, 0.2) is 77.7 Å². The summed E-state index contributed by atoms with van der Waals surface area (Å²) in [5.74, 6) is -0.353.